The van der Waals surface area contributed by atoms with Gasteiger partial charge in [0.05, 0.1) is 12.2 Å². The van der Waals surface area contributed by atoms with Crippen molar-refractivity contribution in [1.29, 1.82) is 0 Å². The molecule has 5 atom stereocenters. The normalized spacial score (nSPS) is 37.5. The quantitative estimate of drug-likeness (QED) is 0.569. The summed E-state index contributed by atoms with van der Waals surface area (Å²) >= 11 is 0. The lowest BCUT2D eigenvalue weighted by molar-refractivity contribution is 0.0487. The maximum atomic E-state index is 6.21. The van der Waals surface area contributed by atoms with Crippen LogP contribution in [0.15, 0.2) is 0 Å². The van der Waals surface area contributed by atoms with Crippen LogP contribution in [0.5, 0.6) is 0 Å². The van der Waals surface area contributed by atoms with Gasteiger partial charge in [0.15, 0.2) is 0 Å². The van der Waals surface area contributed by atoms with E-state index in [4.69, 9.17) is 16.9 Å². The molecule has 0 radical (unpaired) electrons. The zero-order valence-corrected chi connectivity index (χ0v) is 10.1. The van der Waals surface area contributed by atoms with Gasteiger partial charge in [0.1, 0.15) is 0 Å². The van der Waals surface area contributed by atoms with Crippen molar-refractivity contribution in [3.05, 3.63) is 0 Å². The zero-order valence-electron chi connectivity index (χ0n) is 10.1. The van der Waals surface area contributed by atoms with Crippen LogP contribution in [0.3, 0.4) is 0 Å². The van der Waals surface area contributed by atoms with Crippen molar-refractivity contribution in [3.63, 3.8) is 0 Å². The van der Waals surface area contributed by atoms with Gasteiger partial charge in [-0.25, -0.2) is 0 Å². The largest absolute Gasteiger partial charge is 0.375 e. The summed E-state index contributed by atoms with van der Waals surface area (Å²) in [6, 6.07) is 0.230. The Morgan fingerprint density at radius 2 is 2.00 bits per heavy atom. The van der Waals surface area contributed by atoms with Gasteiger partial charge in [-0.1, -0.05) is 6.92 Å². The number of ether oxygens (including phenoxy) is 1. The van der Waals surface area contributed by atoms with E-state index in [1.54, 1.807) is 0 Å². The number of hydrogen-bond acceptors (Lipinski definition) is 2. The molecule has 86 valence electrons. The standard InChI is InChI=1S/C13H23NO/c1-5-6-7-8-12(14)13-9(2)10(3)15-11(13)4/h1,9-13H,6-8,14H2,2-4H3. The van der Waals surface area contributed by atoms with Crippen LogP contribution in [-0.4, -0.2) is 18.2 Å². The van der Waals surface area contributed by atoms with Crippen LogP contribution in [0.4, 0.5) is 0 Å². The number of terminal acetylenes is 1. The van der Waals surface area contributed by atoms with Crippen molar-refractivity contribution in [3.8, 4) is 12.3 Å². The Morgan fingerprint density at radius 1 is 1.33 bits per heavy atom. The molecule has 1 saturated heterocycles. The van der Waals surface area contributed by atoms with Gasteiger partial charge in [-0.05, 0) is 32.6 Å². The Kier molecular flexibility index (Phi) is 4.63. The SMILES string of the molecule is C#CCCCC(N)C1C(C)OC(C)C1C. The molecular formula is C13H23NO. The van der Waals surface area contributed by atoms with Crippen LogP contribution in [0, 0.1) is 24.2 Å². The van der Waals surface area contributed by atoms with E-state index in [0.29, 0.717) is 17.9 Å². The second kappa shape index (κ2) is 5.53. The summed E-state index contributed by atoms with van der Waals surface area (Å²) in [5, 5.41) is 0. The lowest BCUT2D eigenvalue weighted by Crippen LogP contribution is -2.37. The van der Waals surface area contributed by atoms with E-state index in [1.165, 1.54) is 0 Å². The van der Waals surface area contributed by atoms with E-state index in [9.17, 15) is 0 Å². The van der Waals surface area contributed by atoms with E-state index in [-0.39, 0.29) is 12.1 Å². The minimum absolute atomic E-state index is 0.230. The van der Waals surface area contributed by atoms with Crippen LogP contribution in [0.1, 0.15) is 40.0 Å². The Hall–Kier alpha value is -0.520. The molecule has 1 aliphatic rings. The summed E-state index contributed by atoms with van der Waals surface area (Å²) < 4.78 is 5.79. The summed E-state index contributed by atoms with van der Waals surface area (Å²) in [4.78, 5) is 0. The summed E-state index contributed by atoms with van der Waals surface area (Å²) in [5.74, 6) is 3.70. The predicted octanol–water partition coefficient (Wildman–Crippen LogP) is 2.18. The van der Waals surface area contributed by atoms with Gasteiger partial charge < -0.3 is 10.5 Å². The molecule has 0 amide bonds. The van der Waals surface area contributed by atoms with E-state index < -0.39 is 0 Å². The Morgan fingerprint density at radius 3 is 2.47 bits per heavy atom. The van der Waals surface area contributed by atoms with Gasteiger partial charge in [0, 0.05) is 18.4 Å². The van der Waals surface area contributed by atoms with Gasteiger partial charge in [-0.3, -0.25) is 0 Å². The first kappa shape index (κ1) is 12.5. The molecular weight excluding hydrogens is 186 g/mol. The van der Waals surface area contributed by atoms with E-state index >= 15 is 0 Å². The molecule has 0 spiro atoms. The fourth-order valence-electron chi connectivity index (χ4n) is 2.66. The lowest BCUT2D eigenvalue weighted by atomic mass is 9.82. The van der Waals surface area contributed by atoms with Crippen molar-refractivity contribution in [2.75, 3.05) is 0 Å². The van der Waals surface area contributed by atoms with Gasteiger partial charge in [-0.2, -0.15) is 0 Å². The number of nitrogens with two attached hydrogens (primary N) is 1. The minimum Gasteiger partial charge on any atom is -0.375 e. The summed E-state index contributed by atoms with van der Waals surface area (Å²) in [5.41, 5.74) is 6.21. The lowest BCUT2D eigenvalue weighted by Gasteiger charge is -2.25. The molecule has 15 heavy (non-hydrogen) atoms. The Bertz CT molecular complexity index is 233. The van der Waals surface area contributed by atoms with E-state index in [2.05, 4.69) is 26.7 Å². The molecule has 0 aromatic carbocycles. The third kappa shape index (κ3) is 2.96. The summed E-state index contributed by atoms with van der Waals surface area (Å²) in [6.45, 7) is 6.50. The molecule has 2 nitrogen and oxygen atoms in total. The third-order valence-electron chi connectivity index (χ3n) is 3.67. The van der Waals surface area contributed by atoms with Gasteiger partial charge >= 0.3 is 0 Å². The predicted molar refractivity (Wildman–Crippen MR) is 63.3 cm³/mol. The minimum atomic E-state index is 0.230. The van der Waals surface area contributed by atoms with Crippen molar-refractivity contribution < 1.29 is 4.74 Å². The average molecular weight is 209 g/mol. The van der Waals surface area contributed by atoms with Crippen LogP contribution in [0.2, 0.25) is 0 Å². The molecule has 0 aromatic rings. The second-order valence-electron chi connectivity index (χ2n) is 4.74. The van der Waals surface area contributed by atoms with Crippen molar-refractivity contribution in [2.24, 2.45) is 17.6 Å². The monoisotopic (exact) mass is 209 g/mol. The van der Waals surface area contributed by atoms with Crippen LogP contribution in [-0.2, 0) is 4.74 Å². The smallest absolute Gasteiger partial charge is 0.0597 e. The molecule has 1 fully saturated rings. The Balaban J connectivity index is 2.44. The molecule has 1 rings (SSSR count). The van der Waals surface area contributed by atoms with Crippen molar-refractivity contribution in [2.45, 2.75) is 58.3 Å². The molecule has 1 heterocycles. The van der Waals surface area contributed by atoms with Crippen LogP contribution >= 0.6 is 0 Å². The highest BCUT2D eigenvalue weighted by Crippen LogP contribution is 2.34. The number of hydrogen-bond donors (Lipinski definition) is 1. The average Bonchev–Trinajstić information content (AvgIpc) is 2.41. The van der Waals surface area contributed by atoms with Gasteiger partial charge in [-0.15, -0.1) is 12.3 Å². The first-order chi connectivity index (χ1) is 7.07. The summed E-state index contributed by atoms with van der Waals surface area (Å²) in [7, 11) is 0. The fraction of sp³-hybridized carbons (Fsp3) is 0.846. The van der Waals surface area contributed by atoms with E-state index in [0.717, 1.165) is 19.3 Å². The van der Waals surface area contributed by atoms with Crippen molar-refractivity contribution >= 4 is 0 Å². The fourth-order valence-corrected chi connectivity index (χ4v) is 2.66. The first-order valence-corrected chi connectivity index (χ1v) is 5.92. The van der Waals surface area contributed by atoms with Gasteiger partial charge in [0.25, 0.3) is 0 Å². The first-order valence-electron chi connectivity index (χ1n) is 5.92. The van der Waals surface area contributed by atoms with Gasteiger partial charge in [0.2, 0.25) is 0 Å². The molecule has 0 bridgehead atoms. The number of rotatable bonds is 4. The topological polar surface area (TPSA) is 35.2 Å². The maximum absolute atomic E-state index is 6.21. The Labute approximate surface area is 93.6 Å². The highest BCUT2D eigenvalue weighted by atomic mass is 16.5. The molecule has 5 unspecified atom stereocenters. The molecule has 0 aromatic heterocycles. The molecule has 0 saturated carbocycles. The molecule has 2 N–H and O–H groups in total. The maximum Gasteiger partial charge on any atom is 0.0597 e. The van der Waals surface area contributed by atoms with Crippen molar-refractivity contribution in [1.82, 2.24) is 0 Å². The zero-order chi connectivity index (χ0) is 11.4. The molecule has 0 aliphatic carbocycles. The highest BCUT2D eigenvalue weighted by molar-refractivity contribution is 4.91. The highest BCUT2D eigenvalue weighted by Gasteiger charge is 2.39. The molecule has 2 heteroatoms. The molecule has 1 aliphatic heterocycles. The summed E-state index contributed by atoms with van der Waals surface area (Å²) in [6.07, 6.45) is 8.73. The van der Waals surface area contributed by atoms with Crippen LogP contribution in [0.25, 0.3) is 0 Å². The number of unbranched alkanes of at least 4 members (excludes halogenated alkanes) is 1. The third-order valence-corrected chi connectivity index (χ3v) is 3.67. The van der Waals surface area contributed by atoms with E-state index in [1.807, 2.05) is 0 Å². The second-order valence-corrected chi connectivity index (χ2v) is 4.74. The van der Waals surface area contributed by atoms with Crippen LogP contribution < -0.4 is 5.73 Å².